The Bertz CT molecular complexity index is 1020. The molecule has 27 heavy (non-hydrogen) atoms. The Hall–Kier alpha value is -3.71. The van der Waals surface area contributed by atoms with Gasteiger partial charge in [0.25, 0.3) is 5.56 Å². The topological polar surface area (TPSA) is 168 Å². The minimum absolute atomic E-state index is 0.0211. The predicted octanol–water partition coefficient (Wildman–Crippen LogP) is 1.94. The summed E-state index contributed by atoms with van der Waals surface area (Å²) < 4.78 is 0.918. The zero-order valence-electron chi connectivity index (χ0n) is 14.2. The van der Waals surface area contributed by atoms with Gasteiger partial charge < -0.3 is 20.4 Å². The van der Waals surface area contributed by atoms with E-state index in [0.29, 0.717) is 0 Å². The number of aromatic carboxylic acids is 1. The lowest BCUT2D eigenvalue weighted by molar-refractivity contribution is 0.0693. The van der Waals surface area contributed by atoms with E-state index in [4.69, 9.17) is 10.2 Å². The van der Waals surface area contributed by atoms with Crippen LogP contribution in [0.25, 0.3) is 0 Å². The lowest BCUT2D eigenvalue weighted by Crippen LogP contribution is -2.22. The molecule has 1 aromatic heterocycles. The Morgan fingerprint density at radius 2 is 2.00 bits per heavy atom. The number of hydrogen-bond acceptors (Lipinski definition) is 8. The lowest BCUT2D eigenvalue weighted by Gasteiger charge is -2.12. The first-order valence-corrected chi connectivity index (χ1v) is 7.77. The van der Waals surface area contributed by atoms with E-state index in [-0.39, 0.29) is 47.6 Å². The number of carboxylic acid groups (broad SMARTS) is 1. The van der Waals surface area contributed by atoms with E-state index in [1.807, 2.05) is 0 Å². The Kier molecular flexibility index (Phi) is 5.89. The van der Waals surface area contributed by atoms with Gasteiger partial charge in [-0.2, -0.15) is 10.4 Å². The van der Waals surface area contributed by atoms with Crippen molar-refractivity contribution in [2.24, 2.45) is 10.2 Å². The third-order valence-corrected chi connectivity index (χ3v) is 3.79. The summed E-state index contributed by atoms with van der Waals surface area (Å²) in [5.74, 6) is -2.34. The van der Waals surface area contributed by atoms with E-state index >= 15 is 0 Å². The molecule has 0 fully saturated rings. The highest BCUT2D eigenvalue weighted by Gasteiger charge is 2.19. The van der Waals surface area contributed by atoms with E-state index in [1.54, 1.807) is 6.07 Å². The van der Waals surface area contributed by atoms with Crippen LogP contribution in [0.4, 0.5) is 11.4 Å². The van der Waals surface area contributed by atoms with Crippen molar-refractivity contribution in [3.05, 3.63) is 45.2 Å². The van der Waals surface area contributed by atoms with Gasteiger partial charge in [0.05, 0.1) is 5.69 Å². The van der Waals surface area contributed by atoms with Crippen LogP contribution in [0.15, 0.2) is 33.2 Å². The molecule has 0 unspecified atom stereocenters. The predicted molar refractivity (Wildman–Crippen MR) is 92.8 cm³/mol. The number of aromatic nitrogens is 1. The quantitative estimate of drug-likeness (QED) is 0.561. The zero-order valence-corrected chi connectivity index (χ0v) is 14.2. The maximum absolute atomic E-state index is 12.5. The summed E-state index contributed by atoms with van der Waals surface area (Å²) in [7, 11) is 0. The number of aliphatic hydroxyl groups is 1. The van der Waals surface area contributed by atoms with Gasteiger partial charge in [-0.05, 0) is 25.5 Å². The van der Waals surface area contributed by atoms with Gasteiger partial charge in [-0.3, -0.25) is 9.36 Å². The summed E-state index contributed by atoms with van der Waals surface area (Å²) in [6, 6.07) is 5.29. The molecule has 2 aromatic rings. The van der Waals surface area contributed by atoms with Crippen LogP contribution in [0.3, 0.4) is 0 Å². The van der Waals surface area contributed by atoms with E-state index in [2.05, 4.69) is 10.2 Å². The number of hydrogen-bond donors (Lipinski definition) is 4. The molecule has 1 heterocycles. The summed E-state index contributed by atoms with van der Waals surface area (Å²) in [5.41, 5.74) is -1.14. The van der Waals surface area contributed by atoms with Gasteiger partial charge in [0.2, 0.25) is 5.88 Å². The van der Waals surface area contributed by atoms with Crippen molar-refractivity contribution in [1.29, 1.82) is 5.26 Å². The maximum Gasteiger partial charge on any atom is 0.339 e. The van der Waals surface area contributed by atoms with Gasteiger partial charge in [0, 0.05) is 24.8 Å². The second kappa shape index (κ2) is 8.11. The SMILES string of the molecule is Cc1c(C#N)c(O)n(CCCO)c(=O)c1N=Nc1ccc(C(=O)O)c(O)c1. The molecule has 2 rings (SSSR count). The molecule has 0 bridgehead atoms. The lowest BCUT2D eigenvalue weighted by atomic mass is 10.1. The van der Waals surface area contributed by atoms with Crippen molar-refractivity contribution < 1.29 is 25.2 Å². The van der Waals surface area contributed by atoms with E-state index < -0.39 is 23.2 Å². The highest BCUT2D eigenvalue weighted by Crippen LogP contribution is 2.28. The largest absolute Gasteiger partial charge is 0.507 e. The van der Waals surface area contributed by atoms with Crippen LogP contribution in [-0.2, 0) is 6.54 Å². The molecule has 0 atom stereocenters. The van der Waals surface area contributed by atoms with Gasteiger partial charge in [-0.15, -0.1) is 5.11 Å². The number of aromatic hydroxyl groups is 2. The smallest absolute Gasteiger partial charge is 0.339 e. The molecule has 1 aromatic carbocycles. The second-order valence-corrected chi connectivity index (χ2v) is 5.52. The van der Waals surface area contributed by atoms with Crippen LogP contribution in [0.2, 0.25) is 0 Å². The standard InChI is InChI=1S/C17H16N4O6/c1-9-12(8-18)15(24)21(5-2-6-22)16(25)14(9)20-19-10-3-4-11(17(26)27)13(23)7-10/h3-4,7,22-24H,2,5-6H2,1H3,(H,26,27). The number of azo groups is 1. The number of pyridine rings is 1. The fourth-order valence-electron chi connectivity index (χ4n) is 2.36. The van der Waals surface area contributed by atoms with Crippen LogP contribution >= 0.6 is 0 Å². The average Bonchev–Trinajstić information content (AvgIpc) is 2.61. The van der Waals surface area contributed by atoms with Crippen LogP contribution in [-0.4, -0.2) is 37.6 Å². The molecule has 0 saturated carbocycles. The first-order chi connectivity index (χ1) is 12.8. The maximum atomic E-state index is 12.5. The molecule has 0 radical (unpaired) electrons. The van der Waals surface area contributed by atoms with Crippen LogP contribution in [0.1, 0.15) is 27.9 Å². The highest BCUT2D eigenvalue weighted by molar-refractivity contribution is 5.91. The fourth-order valence-corrected chi connectivity index (χ4v) is 2.36. The van der Waals surface area contributed by atoms with Crippen LogP contribution in [0, 0.1) is 18.3 Å². The molecule has 0 aliphatic rings. The number of carboxylic acids is 1. The monoisotopic (exact) mass is 372 g/mol. The van der Waals surface area contributed by atoms with Crippen molar-refractivity contribution >= 4 is 17.3 Å². The van der Waals surface area contributed by atoms with Gasteiger partial charge >= 0.3 is 5.97 Å². The van der Waals surface area contributed by atoms with Gasteiger partial charge in [-0.25, -0.2) is 4.79 Å². The second-order valence-electron chi connectivity index (χ2n) is 5.52. The Labute approximate surface area is 152 Å². The molecule has 10 heteroatoms. The van der Waals surface area contributed by atoms with Crippen molar-refractivity contribution in [3.63, 3.8) is 0 Å². The number of nitrogens with zero attached hydrogens (tertiary/aromatic N) is 4. The minimum atomic E-state index is -1.31. The number of phenols is 1. The molecule has 0 amide bonds. The number of nitriles is 1. The Morgan fingerprint density at radius 3 is 2.56 bits per heavy atom. The average molecular weight is 372 g/mol. The fraction of sp³-hybridized carbons (Fsp3) is 0.235. The molecule has 0 aliphatic heterocycles. The van der Waals surface area contributed by atoms with E-state index in [1.165, 1.54) is 13.0 Å². The van der Waals surface area contributed by atoms with E-state index in [0.717, 1.165) is 16.7 Å². The molecule has 0 spiro atoms. The Morgan fingerprint density at radius 1 is 1.30 bits per heavy atom. The summed E-state index contributed by atoms with van der Waals surface area (Å²) in [6.45, 7) is 1.19. The van der Waals surface area contributed by atoms with Crippen molar-refractivity contribution in [3.8, 4) is 17.7 Å². The Balaban J connectivity index is 2.54. The van der Waals surface area contributed by atoms with Crippen molar-refractivity contribution in [2.75, 3.05) is 6.61 Å². The number of rotatable bonds is 6. The molecule has 10 nitrogen and oxygen atoms in total. The van der Waals surface area contributed by atoms with Gasteiger partial charge in [0.15, 0.2) is 5.69 Å². The first-order valence-electron chi connectivity index (χ1n) is 7.77. The summed E-state index contributed by atoms with van der Waals surface area (Å²) >= 11 is 0. The number of benzene rings is 1. The van der Waals surface area contributed by atoms with Gasteiger partial charge in [0.1, 0.15) is 22.9 Å². The van der Waals surface area contributed by atoms with E-state index in [9.17, 15) is 25.1 Å². The highest BCUT2D eigenvalue weighted by atomic mass is 16.4. The zero-order chi connectivity index (χ0) is 20.1. The molecular weight excluding hydrogens is 356 g/mol. The third kappa shape index (κ3) is 3.94. The normalized spacial score (nSPS) is 10.9. The molecule has 140 valence electrons. The van der Waals surface area contributed by atoms with Crippen molar-refractivity contribution in [1.82, 2.24) is 4.57 Å². The molecular formula is C17H16N4O6. The summed E-state index contributed by atoms with van der Waals surface area (Å²) in [4.78, 5) is 23.4. The van der Waals surface area contributed by atoms with Crippen molar-refractivity contribution in [2.45, 2.75) is 19.9 Å². The molecule has 4 N–H and O–H groups in total. The third-order valence-electron chi connectivity index (χ3n) is 3.79. The number of carbonyl (C=O) groups is 1. The van der Waals surface area contributed by atoms with Crippen LogP contribution in [0.5, 0.6) is 11.6 Å². The molecule has 0 aliphatic carbocycles. The number of aliphatic hydroxyl groups excluding tert-OH is 1. The van der Waals surface area contributed by atoms with Crippen LogP contribution < -0.4 is 5.56 Å². The summed E-state index contributed by atoms with van der Waals surface area (Å²) in [5, 5.41) is 54.5. The first kappa shape index (κ1) is 19.6. The molecule has 0 saturated heterocycles. The van der Waals surface area contributed by atoms with Gasteiger partial charge in [-0.1, -0.05) is 0 Å². The minimum Gasteiger partial charge on any atom is -0.507 e. The summed E-state index contributed by atoms with van der Waals surface area (Å²) in [6.07, 6.45) is 0.183.